The summed E-state index contributed by atoms with van der Waals surface area (Å²) in [5, 5.41) is 15.6. The summed E-state index contributed by atoms with van der Waals surface area (Å²) in [5.74, 6) is -0.678. The second kappa shape index (κ2) is 11.7. The van der Waals surface area contributed by atoms with Crippen LogP contribution in [0.2, 0.25) is 10.2 Å². The van der Waals surface area contributed by atoms with Crippen LogP contribution < -0.4 is 10.9 Å². The van der Waals surface area contributed by atoms with Gasteiger partial charge in [0, 0.05) is 45.4 Å². The number of aromatic nitrogens is 6. The van der Waals surface area contributed by atoms with Crippen LogP contribution in [0.15, 0.2) is 70.3 Å². The van der Waals surface area contributed by atoms with Crippen molar-refractivity contribution < 1.29 is 13.6 Å². The van der Waals surface area contributed by atoms with Crippen molar-refractivity contribution in [1.29, 1.82) is 0 Å². The van der Waals surface area contributed by atoms with Gasteiger partial charge in [-0.3, -0.25) is 9.78 Å². The number of halogens is 3. The molecule has 0 radical (unpaired) electrons. The maximum absolute atomic E-state index is 14.6. The van der Waals surface area contributed by atoms with Gasteiger partial charge in [-0.1, -0.05) is 41.8 Å². The first-order valence-electron chi connectivity index (χ1n) is 13.7. The van der Waals surface area contributed by atoms with Gasteiger partial charge in [0.2, 0.25) is 5.91 Å². The minimum atomic E-state index is -1.44. The third-order valence-electron chi connectivity index (χ3n) is 7.54. The van der Waals surface area contributed by atoms with Crippen LogP contribution in [0.3, 0.4) is 0 Å². The number of anilines is 1. The summed E-state index contributed by atoms with van der Waals surface area (Å²) in [6, 6.07) is 12.0. The molecule has 10 nitrogen and oxygen atoms in total. The van der Waals surface area contributed by atoms with E-state index in [1.54, 1.807) is 48.7 Å². The lowest BCUT2D eigenvalue weighted by atomic mass is 9.88. The first kappa shape index (κ1) is 28.8. The van der Waals surface area contributed by atoms with Gasteiger partial charge in [-0.2, -0.15) is 5.10 Å². The van der Waals surface area contributed by atoms with Crippen LogP contribution in [-0.2, 0) is 4.79 Å². The number of pyridine rings is 1. The van der Waals surface area contributed by atoms with Crippen molar-refractivity contribution in [2.45, 2.75) is 45.3 Å². The van der Waals surface area contributed by atoms with Crippen molar-refractivity contribution in [3.63, 3.8) is 0 Å². The standard InChI is InChI=1S/C30H26Cl2FN7O3/c1-16-4-3-5-20(23-12-18(10-11-34-23)28-24(36-29(16)41)14-35-40(28)17(2)33)21-7-9-26(43-30(21)42)22-13-19(31)6-8-25(22)39-15-27(32)37-38-39/h6-17,20H,3-5H2,1-2H3,(H,36,41)/t16-,17?,20+/m1/s1. The third kappa shape index (κ3) is 5.70. The summed E-state index contributed by atoms with van der Waals surface area (Å²) >= 11 is 12.3. The van der Waals surface area contributed by atoms with E-state index >= 15 is 0 Å². The Balaban J connectivity index is 1.45. The zero-order valence-electron chi connectivity index (χ0n) is 23.2. The van der Waals surface area contributed by atoms with Gasteiger partial charge in [-0.05, 0) is 62.2 Å². The van der Waals surface area contributed by atoms with E-state index in [0.717, 1.165) is 0 Å². The van der Waals surface area contributed by atoms with Crippen molar-refractivity contribution in [2.24, 2.45) is 5.92 Å². The molecule has 4 aromatic heterocycles. The quantitative estimate of drug-likeness (QED) is 0.233. The van der Waals surface area contributed by atoms with Gasteiger partial charge in [0.1, 0.15) is 5.76 Å². The van der Waals surface area contributed by atoms with Crippen LogP contribution >= 0.6 is 23.2 Å². The highest BCUT2D eigenvalue weighted by Crippen LogP contribution is 2.36. The Morgan fingerprint density at radius 3 is 2.70 bits per heavy atom. The first-order chi connectivity index (χ1) is 20.7. The molecule has 0 saturated carbocycles. The molecule has 1 amide bonds. The molecule has 0 aliphatic carbocycles. The van der Waals surface area contributed by atoms with E-state index in [9.17, 15) is 14.0 Å². The van der Waals surface area contributed by atoms with Gasteiger partial charge in [0.15, 0.2) is 11.4 Å². The average Bonchev–Trinajstić information content (AvgIpc) is 3.61. The number of hydrogen-bond donors (Lipinski definition) is 1. The van der Waals surface area contributed by atoms with Crippen molar-refractivity contribution in [3.8, 4) is 28.3 Å². The second-order valence-corrected chi connectivity index (χ2v) is 11.3. The predicted molar refractivity (Wildman–Crippen MR) is 160 cm³/mol. The van der Waals surface area contributed by atoms with E-state index in [1.165, 1.54) is 28.7 Å². The van der Waals surface area contributed by atoms with Gasteiger partial charge in [0.25, 0.3) is 0 Å². The lowest BCUT2D eigenvalue weighted by Gasteiger charge is -2.20. The fraction of sp³-hybridized carbons (Fsp3) is 0.267. The number of benzene rings is 1. The smallest absolute Gasteiger partial charge is 0.340 e. The SMILES string of the molecule is CC(F)n1ncc2c1-c1ccnc(c1)[C@H](c1ccc(-c3cc(Cl)ccc3-n3cc(Cl)nn3)oc1=O)CCC[C@@H](C)C(=O)N2. The molecule has 43 heavy (non-hydrogen) atoms. The van der Waals surface area contributed by atoms with Gasteiger partial charge < -0.3 is 9.73 Å². The molecule has 5 aromatic rings. The molecule has 1 N–H and O–H groups in total. The molecule has 5 heterocycles. The molecule has 1 aromatic carbocycles. The van der Waals surface area contributed by atoms with Gasteiger partial charge in [-0.15, -0.1) is 5.10 Å². The fourth-order valence-electron chi connectivity index (χ4n) is 5.37. The molecule has 2 bridgehead atoms. The number of carbonyl (C=O) groups excluding carboxylic acids is 1. The summed E-state index contributed by atoms with van der Waals surface area (Å²) in [5.41, 5.74) is 3.01. The minimum Gasteiger partial charge on any atom is -0.422 e. The molecule has 1 aliphatic heterocycles. The van der Waals surface area contributed by atoms with Crippen molar-refractivity contribution in [2.75, 3.05) is 5.32 Å². The maximum atomic E-state index is 14.6. The summed E-state index contributed by atoms with van der Waals surface area (Å²) < 4.78 is 23.2. The van der Waals surface area contributed by atoms with Crippen LogP contribution in [0.5, 0.6) is 0 Å². The average molecular weight is 622 g/mol. The number of fused-ring (bicyclic) bond motifs is 4. The van der Waals surface area contributed by atoms with Crippen LogP contribution in [0, 0.1) is 5.92 Å². The zero-order chi connectivity index (χ0) is 30.2. The Labute approximate surface area is 255 Å². The molecule has 1 aliphatic rings. The van der Waals surface area contributed by atoms with E-state index in [2.05, 4.69) is 25.7 Å². The van der Waals surface area contributed by atoms with Gasteiger partial charge in [0.05, 0.1) is 29.5 Å². The lowest BCUT2D eigenvalue weighted by Crippen LogP contribution is -2.22. The third-order valence-corrected chi connectivity index (χ3v) is 7.95. The highest BCUT2D eigenvalue weighted by atomic mass is 35.5. The lowest BCUT2D eigenvalue weighted by molar-refractivity contribution is -0.119. The van der Waals surface area contributed by atoms with E-state index < -0.39 is 17.8 Å². The van der Waals surface area contributed by atoms with Crippen LogP contribution in [0.1, 0.15) is 56.6 Å². The monoisotopic (exact) mass is 621 g/mol. The molecule has 1 unspecified atom stereocenters. The van der Waals surface area contributed by atoms with Gasteiger partial charge in [-0.25, -0.2) is 18.5 Å². The van der Waals surface area contributed by atoms with Crippen LogP contribution in [-0.4, -0.2) is 35.7 Å². The van der Waals surface area contributed by atoms with Gasteiger partial charge >= 0.3 is 5.63 Å². The fourth-order valence-corrected chi connectivity index (χ4v) is 5.67. The Morgan fingerprint density at radius 2 is 1.95 bits per heavy atom. The normalized spacial score (nSPS) is 17.8. The predicted octanol–water partition coefficient (Wildman–Crippen LogP) is 6.83. The number of nitrogens with zero attached hydrogens (tertiary/aromatic N) is 6. The first-order valence-corrected chi connectivity index (χ1v) is 14.5. The number of carbonyl (C=O) groups is 1. The molecule has 13 heteroatoms. The van der Waals surface area contributed by atoms with E-state index in [1.807, 2.05) is 6.92 Å². The maximum Gasteiger partial charge on any atom is 0.340 e. The molecule has 0 fully saturated rings. The van der Waals surface area contributed by atoms with Crippen molar-refractivity contribution in [1.82, 2.24) is 29.8 Å². The molecular weight excluding hydrogens is 596 g/mol. The summed E-state index contributed by atoms with van der Waals surface area (Å²) in [4.78, 5) is 31.2. The highest BCUT2D eigenvalue weighted by molar-refractivity contribution is 6.31. The Bertz CT molecular complexity index is 1880. The van der Waals surface area contributed by atoms with Crippen molar-refractivity contribution >= 4 is 34.8 Å². The Hall–Kier alpha value is -4.35. The molecule has 0 spiro atoms. The molecule has 3 atom stereocenters. The summed E-state index contributed by atoms with van der Waals surface area (Å²) in [6.07, 6.45) is 4.89. The van der Waals surface area contributed by atoms with E-state index in [4.69, 9.17) is 27.6 Å². The topological polar surface area (TPSA) is 121 Å². The van der Waals surface area contributed by atoms with Crippen molar-refractivity contribution in [3.05, 3.63) is 92.9 Å². The van der Waals surface area contributed by atoms with E-state index in [0.29, 0.717) is 63.7 Å². The van der Waals surface area contributed by atoms with Crippen LogP contribution in [0.25, 0.3) is 28.3 Å². The number of alkyl halides is 1. The summed E-state index contributed by atoms with van der Waals surface area (Å²) in [7, 11) is 0. The minimum absolute atomic E-state index is 0.187. The molecular formula is C30H26Cl2FN7O3. The number of amides is 1. The molecule has 0 saturated heterocycles. The molecule has 220 valence electrons. The van der Waals surface area contributed by atoms with E-state index in [-0.39, 0.29) is 22.7 Å². The second-order valence-electron chi connectivity index (χ2n) is 10.5. The molecule has 6 rings (SSSR count). The largest absolute Gasteiger partial charge is 0.422 e. The summed E-state index contributed by atoms with van der Waals surface area (Å²) in [6.45, 7) is 3.21. The number of hydrogen-bond acceptors (Lipinski definition) is 7. The Morgan fingerprint density at radius 1 is 1.12 bits per heavy atom. The number of nitrogens with one attached hydrogen (secondary N) is 1. The van der Waals surface area contributed by atoms with Crippen LogP contribution in [0.4, 0.5) is 10.1 Å². The highest BCUT2D eigenvalue weighted by Gasteiger charge is 2.26. The Kier molecular flexibility index (Phi) is 7.85. The number of rotatable bonds is 4. The zero-order valence-corrected chi connectivity index (χ0v) is 24.7.